The van der Waals surface area contributed by atoms with Crippen LogP contribution in [-0.2, 0) is 14.3 Å². The number of benzene rings is 1. The number of esters is 1. The Morgan fingerprint density at radius 1 is 1.19 bits per heavy atom. The van der Waals surface area contributed by atoms with Crippen LogP contribution in [0.2, 0.25) is 10.0 Å². The van der Waals surface area contributed by atoms with Gasteiger partial charge in [-0.15, -0.1) is 6.58 Å². The van der Waals surface area contributed by atoms with Crippen molar-refractivity contribution in [3.05, 3.63) is 57.7 Å². The number of nitrogens with zero attached hydrogens (tertiary/aromatic N) is 3. The minimum absolute atomic E-state index is 0.154. The SMILES string of the molecule is C=CCN1C(=O)N[C@H](c2ccc(Cl)c(Cl)c2)C(C(=O)OCC)=C1CN1CCN(C(=O)CC(C)C)CC1. The number of amides is 3. The fourth-order valence-electron chi connectivity index (χ4n) is 4.43. The second-order valence-corrected chi connectivity index (χ2v) is 10.1. The molecule has 3 amide bonds. The summed E-state index contributed by atoms with van der Waals surface area (Å²) in [7, 11) is 0. The van der Waals surface area contributed by atoms with Gasteiger partial charge < -0.3 is 15.0 Å². The fourth-order valence-corrected chi connectivity index (χ4v) is 4.74. The number of nitrogens with one attached hydrogen (secondary N) is 1. The highest BCUT2D eigenvalue weighted by Crippen LogP contribution is 2.35. The Hall–Kier alpha value is -2.55. The zero-order valence-corrected chi connectivity index (χ0v) is 22.6. The van der Waals surface area contributed by atoms with Gasteiger partial charge in [-0.3, -0.25) is 14.6 Å². The first-order valence-corrected chi connectivity index (χ1v) is 13.0. The van der Waals surface area contributed by atoms with Crippen molar-refractivity contribution in [1.82, 2.24) is 20.0 Å². The number of urea groups is 1. The van der Waals surface area contributed by atoms with Crippen molar-refractivity contribution < 1.29 is 19.1 Å². The zero-order chi connectivity index (χ0) is 26.4. The molecule has 0 saturated carbocycles. The Balaban J connectivity index is 1.96. The number of carbonyl (C=O) groups excluding carboxylic acids is 3. The zero-order valence-electron chi connectivity index (χ0n) is 21.1. The molecule has 1 N–H and O–H groups in total. The lowest BCUT2D eigenvalue weighted by Gasteiger charge is -2.40. The van der Waals surface area contributed by atoms with Crippen LogP contribution in [0, 0.1) is 5.92 Å². The molecule has 196 valence electrons. The summed E-state index contributed by atoms with van der Waals surface area (Å²) in [6.45, 7) is 12.8. The molecule has 0 radical (unpaired) electrons. The third-order valence-electron chi connectivity index (χ3n) is 6.20. The summed E-state index contributed by atoms with van der Waals surface area (Å²) in [6.07, 6.45) is 2.14. The van der Waals surface area contributed by atoms with Gasteiger partial charge in [0.15, 0.2) is 0 Å². The summed E-state index contributed by atoms with van der Waals surface area (Å²) in [5, 5.41) is 3.62. The Labute approximate surface area is 222 Å². The number of ether oxygens (including phenoxy) is 1. The molecule has 10 heteroatoms. The molecule has 1 fully saturated rings. The molecule has 36 heavy (non-hydrogen) atoms. The van der Waals surface area contributed by atoms with E-state index in [0.717, 1.165) is 0 Å². The molecule has 3 rings (SSSR count). The lowest BCUT2D eigenvalue weighted by atomic mass is 9.94. The van der Waals surface area contributed by atoms with E-state index in [2.05, 4.69) is 16.8 Å². The molecule has 8 nitrogen and oxygen atoms in total. The highest BCUT2D eigenvalue weighted by molar-refractivity contribution is 6.42. The van der Waals surface area contributed by atoms with Gasteiger partial charge in [-0.2, -0.15) is 0 Å². The first-order valence-electron chi connectivity index (χ1n) is 12.2. The minimum atomic E-state index is -0.753. The third kappa shape index (κ3) is 6.60. The van der Waals surface area contributed by atoms with E-state index in [1.165, 1.54) is 4.90 Å². The van der Waals surface area contributed by atoms with Crippen LogP contribution in [0.3, 0.4) is 0 Å². The molecule has 2 heterocycles. The maximum absolute atomic E-state index is 13.3. The van der Waals surface area contributed by atoms with Crippen molar-refractivity contribution in [2.75, 3.05) is 45.9 Å². The normalized spacial score (nSPS) is 18.9. The first-order chi connectivity index (χ1) is 17.2. The summed E-state index contributed by atoms with van der Waals surface area (Å²) in [6, 6.07) is 3.92. The Bertz CT molecular complexity index is 1030. The summed E-state index contributed by atoms with van der Waals surface area (Å²) in [5.74, 6) is -0.0520. The number of halogens is 2. The highest BCUT2D eigenvalue weighted by atomic mass is 35.5. The number of hydrogen-bond acceptors (Lipinski definition) is 5. The Kier molecular flexibility index (Phi) is 9.82. The standard InChI is InChI=1S/C26H34Cl2N4O4/c1-5-9-32-21(16-30-10-12-31(13-11-30)22(33)14-17(3)4)23(25(34)36-6-2)24(29-26(32)35)18-7-8-19(27)20(28)15-18/h5,7-8,15,17,24H,1,6,9-14,16H2,2-4H3,(H,29,35)/t24-/m1/s1. The smallest absolute Gasteiger partial charge is 0.338 e. The molecular formula is C26H34Cl2N4O4. The molecule has 2 aliphatic rings. The molecule has 1 aromatic rings. The molecule has 0 aromatic heterocycles. The van der Waals surface area contributed by atoms with Gasteiger partial charge in [-0.25, -0.2) is 9.59 Å². The molecule has 0 unspecified atom stereocenters. The minimum Gasteiger partial charge on any atom is -0.463 e. The maximum atomic E-state index is 13.3. The van der Waals surface area contributed by atoms with Crippen LogP contribution in [0.5, 0.6) is 0 Å². The van der Waals surface area contributed by atoms with Crippen LogP contribution < -0.4 is 5.32 Å². The van der Waals surface area contributed by atoms with Crippen LogP contribution in [-0.4, -0.2) is 78.5 Å². The van der Waals surface area contributed by atoms with Gasteiger partial charge in [0, 0.05) is 51.4 Å². The van der Waals surface area contributed by atoms with E-state index >= 15 is 0 Å². The monoisotopic (exact) mass is 536 g/mol. The van der Waals surface area contributed by atoms with Gasteiger partial charge in [0.1, 0.15) is 0 Å². The Morgan fingerprint density at radius 3 is 2.47 bits per heavy atom. The van der Waals surface area contributed by atoms with Crippen LogP contribution in [0.15, 0.2) is 42.1 Å². The number of piperazine rings is 1. The topological polar surface area (TPSA) is 82.2 Å². The summed E-state index contributed by atoms with van der Waals surface area (Å²) < 4.78 is 5.42. The van der Waals surface area contributed by atoms with Gasteiger partial charge in [0.05, 0.1) is 28.3 Å². The number of carbonyl (C=O) groups is 3. The summed E-state index contributed by atoms with van der Waals surface area (Å²) >= 11 is 12.4. The van der Waals surface area contributed by atoms with Crippen molar-refractivity contribution in [2.24, 2.45) is 5.92 Å². The molecule has 1 aromatic carbocycles. The summed E-state index contributed by atoms with van der Waals surface area (Å²) in [4.78, 5) is 44.5. The molecule has 1 atom stereocenters. The predicted octanol–water partition coefficient (Wildman–Crippen LogP) is 4.25. The van der Waals surface area contributed by atoms with E-state index in [-0.39, 0.29) is 25.1 Å². The van der Waals surface area contributed by atoms with E-state index in [9.17, 15) is 14.4 Å². The molecular weight excluding hydrogens is 503 g/mol. The van der Waals surface area contributed by atoms with Crippen LogP contribution in [0.25, 0.3) is 0 Å². The third-order valence-corrected chi connectivity index (χ3v) is 6.94. The van der Waals surface area contributed by atoms with Gasteiger partial charge in [-0.1, -0.05) is 49.2 Å². The quantitative estimate of drug-likeness (QED) is 0.376. The van der Waals surface area contributed by atoms with Crippen LogP contribution in [0.4, 0.5) is 4.79 Å². The second kappa shape index (κ2) is 12.6. The first kappa shape index (κ1) is 28.0. The van der Waals surface area contributed by atoms with Crippen molar-refractivity contribution in [3.63, 3.8) is 0 Å². The van der Waals surface area contributed by atoms with E-state index in [1.54, 1.807) is 31.2 Å². The molecule has 0 aliphatic carbocycles. The largest absolute Gasteiger partial charge is 0.463 e. The molecule has 1 saturated heterocycles. The van der Waals surface area contributed by atoms with Crippen molar-refractivity contribution in [3.8, 4) is 0 Å². The molecule has 0 bridgehead atoms. The van der Waals surface area contributed by atoms with Gasteiger partial charge in [0.25, 0.3) is 0 Å². The van der Waals surface area contributed by atoms with E-state index in [1.807, 2.05) is 18.7 Å². The Morgan fingerprint density at radius 2 is 1.89 bits per heavy atom. The number of rotatable bonds is 9. The molecule has 0 spiro atoms. The van der Waals surface area contributed by atoms with Crippen molar-refractivity contribution >= 4 is 41.1 Å². The number of hydrogen-bond donors (Lipinski definition) is 1. The second-order valence-electron chi connectivity index (χ2n) is 9.29. The lowest BCUT2D eigenvalue weighted by Crippen LogP contribution is -2.54. The van der Waals surface area contributed by atoms with Gasteiger partial charge >= 0.3 is 12.0 Å². The van der Waals surface area contributed by atoms with Crippen LogP contribution in [0.1, 0.15) is 38.8 Å². The summed E-state index contributed by atoms with van der Waals surface area (Å²) in [5.41, 5.74) is 1.52. The average molecular weight is 537 g/mol. The van der Waals surface area contributed by atoms with Crippen molar-refractivity contribution in [2.45, 2.75) is 33.2 Å². The van der Waals surface area contributed by atoms with Crippen molar-refractivity contribution in [1.29, 1.82) is 0 Å². The van der Waals surface area contributed by atoms with Crippen LogP contribution >= 0.6 is 23.2 Å². The highest BCUT2D eigenvalue weighted by Gasteiger charge is 2.39. The van der Waals surface area contributed by atoms with Gasteiger partial charge in [0.2, 0.25) is 5.91 Å². The van der Waals surface area contributed by atoms with Gasteiger partial charge in [-0.05, 0) is 30.5 Å². The predicted molar refractivity (Wildman–Crippen MR) is 141 cm³/mol. The van der Waals surface area contributed by atoms with E-state index in [4.69, 9.17) is 27.9 Å². The van der Waals surface area contributed by atoms with E-state index < -0.39 is 12.0 Å². The average Bonchev–Trinajstić information content (AvgIpc) is 2.83. The fraction of sp³-hybridized carbons (Fsp3) is 0.500. The molecule has 2 aliphatic heterocycles. The van der Waals surface area contributed by atoms with E-state index in [0.29, 0.717) is 71.9 Å². The maximum Gasteiger partial charge on any atom is 0.338 e. The lowest BCUT2D eigenvalue weighted by molar-refractivity contribution is -0.139.